The topological polar surface area (TPSA) is 54.7 Å². The zero-order valence-electron chi connectivity index (χ0n) is 9.67. The number of aromatic amines is 1. The van der Waals surface area contributed by atoms with E-state index in [1.165, 1.54) is 25.7 Å². The van der Waals surface area contributed by atoms with Crippen LogP contribution < -0.4 is 5.73 Å². The molecule has 2 aromatic rings. The average Bonchev–Trinajstić information content (AvgIpc) is 2.87. The third-order valence-electron chi connectivity index (χ3n) is 3.59. The van der Waals surface area contributed by atoms with Crippen molar-refractivity contribution < 1.29 is 0 Å². The Hall–Kier alpha value is -1.03. The number of aromatic nitrogens is 2. The molecule has 1 aliphatic rings. The molecule has 0 amide bonds. The van der Waals surface area contributed by atoms with Crippen molar-refractivity contribution in [3.63, 3.8) is 0 Å². The predicted molar refractivity (Wildman–Crippen MR) is 73.9 cm³/mol. The summed E-state index contributed by atoms with van der Waals surface area (Å²) in [5, 5.41) is 0. The Bertz CT molecular complexity index is 541. The van der Waals surface area contributed by atoms with Gasteiger partial charge >= 0.3 is 0 Å². The molecule has 1 fully saturated rings. The van der Waals surface area contributed by atoms with Gasteiger partial charge < -0.3 is 10.7 Å². The van der Waals surface area contributed by atoms with E-state index < -0.39 is 0 Å². The predicted octanol–water partition coefficient (Wildman–Crippen LogP) is 3.64. The van der Waals surface area contributed by atoms with Crippen molar-refractivity contribution in [3.05, 3.63) is 22.4 Å². The first-order valence-electron chi connectivity index (χ1n) is 6.16. The molecule has 0 unspecified atom stereocenters. The van der Waals surface area contributed by atoms with Gasteiger partial charge in [0.2, 0.25) is 0 Å². The number of imidazole rings is 1. The van der Waals surface area contributed by atoms with Gasteiger partial charge in [0.05, 0.1) is 11.2 Å². The van der Waals surface area contributed by atoms with E-state index in [1.54, 1.807) is 0 Å². The minimum atomic E-state index is 0.739. The van der Waals surface area contributed by atoms with Crippen molar-refractivity contribution in [3.8, 4) is 0 Å². The van der Waals surface area contributed by atoms with Crippen molar-refractivity contribution in [2.24, 2.45) is 5.92 Å². The van der Waals surface area contributed by atoms with Gasteiger partial charge in [-0.25, -0.2) is 4.98 Å². The molecule has 1 aromatic carbocycles. The van der Waals surface area contributed by atoms with Crippen LogP contribution >= 0.6 is 15.9 Å². The van der Waals surface area contributed by atoms with Crippen LogP contribution in [0.3, 0.4) is 0 Å². The van der Waals surface area contributed by atoms with Gasteiger partial charge in [-0.05, 0) is 18.1 Å². The zero-order valence-corrected chi connectivity index (χ0v) is 11.3. The lowest BCUT2D eigenvalue weighted by molar-refractivity contribution is 0.534. The minimum Gasteiger partial charge on any atom is -0.397 e. The Morgan fingerprint density at radius 2 is 2.12 bits per heavy atom. The van der Waals surface area contributed by atoms with E-state index in [-0.39, 0.29) is 0 Å². The first-order chi connectivity index (χ1) is 8.22. The van der Waals surface area contributed by atoms with E-state index in [2.05, 4.69) is 25.9 Å². The summed E-state index contributed by atoms with van der Waals surface area (Å²) < 4.78 is 0.999. The standard InChI is InChI=1S/C13H16BrN3/c14-9-6-10(15)13-11(7-9)16-12(17-13)5-8-3-1-2-4-8/h6-8H,1-5,15H2,(H,16,17). The quantitative estimate of drug-likeness (QED) is 0.831. The number of anilines is 1. The van der Waals surface area contributed by atoms with Crippen LogP contribution in [-0.4, -0.2) is 9.97 Å². The molecule has 1 aromatic heterocycles. The molecule has 1 aliphatic carbocycles. The lowest BCUT2D eigenvalue weighted by atomic mass is 10.0. The van der Waals surface area contributed by atoms with Gasteiger partial charge in [0.15, 0.2) is 0 Å². The van der Waals surface area contributed by atoms with Crippen LogP contribution in [0.2, 0.25) is 0 Å². The molecule has 1 saturated carbocycles. The normalized spacial score (nSPS) is 17.0. The summed E-state index contributed by atoms with van der Waals surface area (Å²) in [6.07, 6.45) is 6.50. The largest absolute Gasteiger partial charge is 0.397 e. The average molecular weight is 294 g/mol. The highest BCUT2D eigenvalue weighted by Gasteiger charge is 2.17. The Morgan fingerprint density at radius 1 is 1.35 bits per heavy atom. The zero-order chi connectivity index (χ0) is 11.8. The van der Waals surface area contributed by atoms with Crippen LogP contribution in [0.1, 0.15) is 31.5 Å². The molecule has 1 heterocycles. The second-order valence-corrected chi connectivity index (χ2v) is 5.84. The smallest absolute Gasteiger partial charge is 0.112 e. The van der Waals surface area contributed by atoms with Crippen LogP contribution in [0, 0.1) is 5.92 Å². The second kappa shape index (κ2) is 4.33. The number of halogens is 1. The number of H-pyrrole nitrogens is 1. The lowest BCUT2D eigenvalue weighted by Gasteiger charge is -2.04. The molecule has 90 valence electrons. The number of fused-ring (bicyclic) bond motifs is 1. The van der Waals surface area contributed by atoms with Crippen molar-refractivity contribution >= 4 is 32.7 Å². The molecular formula is C13H16BrN3. The van der Waals surface area contributed by atoms with Crippen LogP contribution in [0.5, 0.6) is 0 Å². The van der Waals surface area contributed by atoms with Gasteiger partial charge in [-0.15, -0.1) is 0 Å². The third kappa shape index (κ3) is 2.18. The Kier molecular flexibility index (Phi) is 2.82. The van der Waals surface area contributed by atoms with Gasteiger partial charge in [0.1, 0.15) is 11.3 Å². The molecule has 0 aliphatic heterocycles. The number of benzene rings is 1. The molecule has 0 spiro atoms. The molecule has 4 heteroatoms. The van der Waals surface area contributed by atoms with E-state index in [1.807, 2.05) is 12.1 Å². The first kappa shape index (κ1) is 11.1. The molecule has 0 radical (unpaired) electrons. The monoisotopic (exact) mass is 293 g/mol. The summed E-state index contributed by atoms with van der Waals surface area (Å²) in [5.74, 6) is 1.89. The van der Waals surface area contributed by atoms with Gasteiger partial charge in [-0.1, -0.05) is 41.6 Å². The maximum Gasteiger partial charge on any atom is 0.112 e. The number of rotatable bonds is 2. The van der Waals surface area contributed by atoms with Crippen LogP contribution in [-0.2, 0) is 6.42 Å². The summed E-state index contributed by atoms with van der Waals surface area (Å²) in [6.45, 7) is 0. The fourth-order valence-corrected chi connectivity index (χ4v) is 3.22. The fourth-order valence-electron chi connectivity index (χ4n) is 2.74. The van der Waals surface area contributed by atoms with Crippen molar-refractivity contribution in [2.45, 2.75) is 32.1 Å². The van der Waals surface area contributed by atoms with Crippen molar-refractivity contribution in [1.82, 2.24) is 9.97 Å². The molecule has 3 N–H and O–H groups in total. The second-order valence-electron chi connectivity index (χ2n) is 4.93. The summed E-state index contributed by atoms with van der Waals surface area (Å²) in [5.41, 5.74) is 8.64. The molecule has 0 saturated heterocycles. The third-order valence-corrected chi connectivity index (χ3v) is 4.04. The molecule has 3 nitrogen and oxygen atoms in total. The SMILES string of the molecule is Nc1cc(Br)cc2[nH]c(CC3CCCC3)nc12. The van der Waals surface area contributed by atoms with E-state index >= 15 is 0 Å². The summed E-state index contributed by atoms with van der Waals surface area (Å²) >= 11 is 3.45. The summed E-state index contributed by atoms with van der Waals surface area (Å²) in [4.78, 5) is 8.00. The van der Waals surface area contributed by atoms with Crippen LogP contribution in [0.25, 0.3) is 11.0 Å². The van der Waals surface area contributed by atoms with E-state index in [0.29, 0.717) is 0 Å². The van der Waals surface area contributed by atoms with Gasteiger partial charge in [0.25, 0.3) is 0 Å². The van der Waals surface area contributed by atoms with E-state index in [4.69, 9.17) is 5.73 Å². The number of nitrogens with two attached hydrogens (primary N) is 1. The lowest BCUT2D eigenvalue weighted by Crippen LogP contribution is -2.00. The van der Waals surface area contributed by atoms with Gasteiger partial charge in [-0.3, -0.25) is 0 Å². The van der Waals surface area contributed by atoms with Gasteiger partial charge in [-0.2, -0.15) is 0 Å². The van der Waals surface area contributed by atoms with Crippen LogP contribution in [0.15, 0.2) is 16.6 Å². The van der Waals surface area contributed by atoms with Crippen molar-refractivity contribution in [2.75, 3.05) is 5.73 Å². The molecule has 0 bridgehead atoms. The summed E-state index contributed by atoms with van der Waals surface area (Å²) in [7, 11) is 0. The highest BCUT2D eigenvalue weighted by Crippen LogP contribution is 2.29. The van der Waals surface area contributed by atoms with Gasteiger partial charge in [0, 0.05) is 10.9 Å². The van der Waals surface area contributed by atoms with Crippen LogP contribution in [0.4, 0.5) is 5.69 Å². The number of nitrogens with zero attached hydrogens (tertiary/aromatic N) is 1. The highest BCUT2D eigenvalue weighted by atomic mass is 79.9. The maximum absolute atomic E-state index is 5.97. The molecule has 3 rings (SSSR count). The van der Waals surface area contributed by atoms with E-state index in [0.717, 1.165) is 39.4 Å². The Labute approximate surface area is 109 Å². The first-order valence-corrected chi connectivity index (χ1v) is 6.95. The molecule has 0 atom stereocenters. The summed E-state index contributed by atoms with van der Waals surface area (Å²) in [6, 6.07) is 3.94. The Morgan fingerprint density at radius 3 is 2.88 bits per heavy atom. The molecular weight excluding hydrogens is 278 g/mol. The number of hydrogen-bond donors (Lipinski definition) is 2. The van der Waals surface area contributed by atoms with E-state index in [9.17, 15) is 0 Å². The number of nitrogens with one attached hydrogen (secondary N) is 1. The molecule has 17 heavy (non-hydrogen) atoms. The Balaban J connectivity index is 1.93. The maximum atomic E-state index is 5.97. The number of hydrogen-bond acceptors (Lipinski definition) is 2. The highest BCUT2D eigenvalue weighted by molar-refractivity contribution is 9.10. The van der Waals surface area contributed by atoms with Crippen molar-refractivity contribution in [1.29, 1.82) is 0 Å². The minimum absolute atomic E-state index is 0.739. The number of nitrogen functional groups attached to an aromatic ring is 1. The fraction of sp³-hybridized carbons (Fsp3) is 0.462.